The van der Waals surface area contributed by atoms with E-state index in [-0.39, 0.29) is 0 Å². The molecule has 0 bridgehead atoms. The summed E-state index contributed by atoms with van der Waals surface area (Å²) in [6.45, 7) is 2.03. The van der Waals surface area contributed by atoms with Crippen LogP contribution >= 0.6 is 0 Å². The number of nitrogens with zero attached hydrogens (tertiary/aromatic N) is 3. The van der Waals surface area contributed by atoms with Gasteiger partial charge in [-0.25, -0.2) is 14.9 Å². The van der Waals surface area contributed by atoms with Gasteiger partial charge >= 0.3 is 6.03 Å². The fourth-order valence-corrected chi connectivity index (χ4v) is 2.30. The molecule has 0 atom stereocenters. The maximum atomic E-state index is 10.8. The van der Waals surface area contributed by atoms with Gasteiger partial charge in [-0.05, 0) is 19.1 Å². The van der Waals surface area contributed by atoms with Gasteiger partial charge in [-0.1, -0.05) is 48.0 Å². The van der Waals surface area contributed by atoms with E-state index in [1.165, 1.54) is 11.8 Å². The number of hydrogen-bond acceptors (Lipinski definition) is 3. The monoisotopic (exact) mass is 319 g/mol. The molecular weight excluding hydrogens is 302 g/mol. The number of urea groups is 1. The molecule has 120 valence electrons. The lowest BCUT2D eigenvalue weighted by atomic mass is 10.1. The smallest absolute Gasteiger partial charge is 0.332 e. The molecule has 0 aliphatic heterocycles. The molecule has 0 saturated heterocycles. The number of aromatic nitrogens is 2. The van der Waals surface area contributed by atoms with Crippen LogP contribution in [0.1, 0.15) is 11.1 Å². The molecule has 3 aromatic rings. The second-order valence-electron chi connectivity index (χ2n) is 5.31. The Morgan fingerprint density at radius 1 is 1.17 bits per heavy atom. The van der Waals surface area contributed by atoms with E-state index in [2.05, 4.69) is 15.6 Å². The van der Waals surface area contributed by atoms with Crippen molar-refractivity contribution in [3.63, 3.8) is 0 Å². The number of carbonyl (C=O) groups is 1. The van der Waals surface area contributed by atoms with Crippen LogP contribution in [0.15, 0.2) is 65.9 Å². The minimum atomic E-state index is -0.710. The minimum absolute atomic E-state index is 0.710. The van der Waals surface area contributed by atoms with Gasteiger partial charge in [0.05, 0.1) is 11.9 Å². The molecule has 24 heavy (non-hydrogen) atoms. The van der Waals surface area contributed by atoms with Crippen molar-refractivity contribution in [2.75, 3.05) is 0 Å². The van der Waals surface area contributed by atoms with Crippen LogP contribution in [0.25, 0.3) is 16.9 Å². The number of rotatable bonds is 4. The molecule has 0 aliphatic carbocycles. The molecule has 3 N–H and O–H groups in total. The molecule has 6 nitrogen and oxygen atoms in total. The number of nitrogens with one attached hydrogen (secondary N) is 1. The Hall–Kier alpha value is -3.41. The van der Waals surface area contributed by atoms with Gasteiger partial charge in [-0.15, -0.1) is 0 Å². The van der Waals surface area contributed by atoms with E-state index in [0.717, 1.165) is 22.5 Å². The second kappa shape index (κ2) is 6.78. The number of para-hydroxylation sites is 1. The molecule has 0 aliphatic rings. The molecule has 1 heterocycles. The zero-order chi connectivity index (χ0) is 16.9. The van der Waals surface area contributed by atoms with Crippen molar-refractivity contribution in [3.05, 3.63) is 71.9 Å². The second-order valence-corrected chi connectivity index (χ2v) is 5.31. The molecule has 6 heteroatoms. The maximum Gasteiger partial charge on any atom is 0.332 e. The fraction of sp³-hybridized carbons (Fsp3) is 0.0556. The summed E-state index contributed by atoms with van der Waals surface area (Å²) in [7, 11) is 0. The molecule has 0 saturated carbocycles. The number of carbonyl (C=O) groups excluding carboxylic acids is 1. The highest BCUT2D eigenvalue weighted by Gasteiger charge is 2.11. The fourth-order valence-electron chi connectivity index (χ4n) is 2.30. The molecule has 2 aromatic carbocycles. The van der Waals surface area contributed by atoms with E-state index in [9.17, 15) is 4.79 Å². The van der Waals surface area contributed by atoms with Crippen LogP contribution < -0.4 is 11.2 Å². The summed E-state index contributed by atoms with van der Waals surface area (Å²) in [5, 5.41) is 8.51. The Kier molecular flexibility index (Phi) is 4.38. The number of nitrogens with two attached hydrogens (primary N) is 1. The van der Waals surface area contributed by atoms with Crippen molar-refractivity contribution in [2.24, 2.45) is 10.8 Å². The minimum Gasteiger partial charge on any atom is -0.350 e. The lowest BCUT2D eigenvalue weighted by Crippen LogP contribution is -2.24. The lowest BCUT2D eigenvalue weighted by molar-refractivity contribution is 0.249. The van der Waals surface area contributed by atoms with Crippen molar-refractivity contribution in [2.45, 2.75) is 6.92 Å². The Bertz CT molecular complexity index is 866. The normalized spacial score (nSPS) is 10.9. The zero-order valence-electron chi connectivity index (χ0n) is 13.2. The first-order valence-electron chi connectivity index (χ1n) is 7.44. The summed E-state index contributed by atoms with van der Waals surface area (Å²) in [6, 6.07) is 17.1. The highest BCUT2D eigenvalue weighted by atomic mass is 16.2. The van der Waals surface area contributed by atoms with Gasteiger partial charge in [0.15, 0.2) is 0 Å². The summed E-state index contributed by atoms with van der Waals surface area (Å²) < 4.78 is 1.78. The van der Waals surface area contributed by atoms with Gasteiger partial charge in [0.1, 0.15) is 5.69 Å². The van der Waals surface area contributed by atoms with E-state index in [0.29, 0.717) is 0 Å². The predicted octanol–water partition coefficient (Wildman–Crippen LogP) is 2.85. The summed E-state index contributed by atoms with van der Waals surface area (Å²) >= 11 is 0. The Balaban J connectivity index is 2.04. The number of hydrazone groups is 1. The summed E-state index contributed by atoms with van der Waals surface area (Å²) in [4.78, 5) is 10.8. The standard InChI is InChI=1S/C18H17N5O/c1-13-7-9-14(10-8-13)17-15(11-20-21-18(19)24)12-23(22-17)16-5-3-2-4-6-16/h2-12H,1H3,(H3,19,21,24). The first kappa shape index (κ1) is 15.5. The SMILES string of the molecule is Cc1ccc(-c2nn(-c3ccccc3)cc2C=NNC(N)=O)cc1. The van der Waals surface area contributed by atoms with Crippen LogP contribution in [0.2, 0.25) is 0 Å². The van der Waals surface area contributed by atoms with E-state index >= 15 is 0 Å². The van der Waals surface area contributed by atoms with Crippen LogP contribution in [-0.2, 0) is 0 Å². The van der Waals surface area contributed by atoms with E-state index in [1.54, 1.807) is 4.68 Å². The van der Waals surface area contributed by atoms with Crippen LogP contribution in [-0.4, -0.2) is 22.0 Å². The van der Waals surface area contributed by atoms with Crippen LogP contribution in [0.3, 0.4) is 0 Å². The summed E-state index contributed by atoms with van der Waals surface area (Å²) in [6.07, 6.45) is 3.39. The van der Waals surface area contributed by atoms with Gasteiger partial charge < -0.3 is 5.73 Å². The summed E-state index contributed by atoms with van der Waals surface area (Å²) in [5.74, 6) is 0. The molecular formula is C18H17N5O. The number of benzene rings is 2. The van der Waals surface area contributed by atoms with Gasteiger partial charge in [0, 0.05) is 17.3 Å². The van der Waals surface area contributed by atoms with Gasteiger partial charge in [0.25, 0.3) is 0 Å². The number of amides is 2. The Labute approximate surface area is 139 Å². The van der Waals surface area contributed by atoms with Crippen LogP contribution in [0, 0.1) is 6.92 Å². The van der Waals surface area contributed by atoms with E-state index < -0.39 is 6.03 Å². The van der Waals surface area contributed by atoms with E-state index in [4.69, 9.17) is 5.73 Å². The largest absolute Gasteiger partial charge is 0.350 e. The summed E-state index contributed by atoms with van der Waals surface area (Å²) in [5.41, 5.74) is 11.9. The lowest BCUT2D eigenvalue weighted by Gasteiger charge is -2.01. The van der Waals surface area contributed by atoms with Crippen molar-refractivity contribution in [1.82, 2.24) is 15.2 Å². The average Bonchev–Trinajstić information content (AvgIpc) is 3.00. The van der Waals surface area contributed by atoms with E-state index in [1.807, 2.05) is 67.7 Å². The Morgan fingerprint density at radius 3 is 2.54 bits per heavy atom. The van der Waals surface area contributed by atoms with Crippen molar-refractivity contribution >= 4 is 12.2 Å². The quantitative estimate of drug-likeness (QED) is 0.572. The Morgan fingerprint density at radius 2 is 1.88 bits per heavy atom. The van der Waals surface area contributed by atoms with Crippen molar-refractivity contribution in [3.8, 4) is 16.9 Å². The predicted molar refractivity (Wildman–Crippen MR) is 94.1 cm³/mol. The molecule has 3 rings (SSSR count). The van der Waals surface area contributed by atoms with Gasteiger partial charge in [0.2, 0.25) is 0 Å². The zero-order valence-corrected chi connectivity index (χ0v) is 13.2. The first-order chi connectivity index (χ1) is 11.6. The molecule has 2 amide bonds. The van der Waals surface area contributed by atoms with Crippen molar-refractivity contribution < 1.29 is 4.79 Å². The first-order valence-corrected chi connectivity index (χ1v) is 7.44. The molecule has 0 radical (unpaired) electrons. The molecule has 0 unspecified atom stereocenters. The van der Waals surface area contributed by atoms with Crippen molar-refractivity contribution in [1.29, 1.82) is 0 Å². The van der Waals surface area contributed by atoms with Crippen LogP contribution in [0.4, 0.5) is 4.79 Å². The average molecular weight is 319 g/mol. The third-order valence-electron chi connectivity index (χ3n) is 3.47. The number of aryl methyl sites for hydroxylation is 1. The molecule has 0 spiro atoms. The van der Waals surface area contributed by atoms with Crippen LogP contribution in [0.5, 0.6) is 0 Å². The highest BCUT2D eigenvalue weighted by Crippen LogP contribution is 2.23. The highest BCUT2D eigenvalue weighted by molar-refractivity contribution is 5.89. The third kappa shape index (κ3) is 3.49. The van der Waals surface area contributed by atoms with Gasteiger partial charge in [-0.2, -0.15) is 10.2 Å². The molecule has 1 aromatic heterocycles. The number of hydrogen-bond donors (Lipinski definition) is 2. The maximum absolute atomic E-state index is 10.8. The third-order valence-corrected chi connectivity index (χ3v) is 3.47. The molecule has 0 fully saturated rings. The number of primary amides is 1. The van der Waals surface area contributed by atoms with Gasteiger partial charge in [-0.3, -0.25) is 0 Å². The topological polar surface area (TPSA) is 85.3 Å².